The maximum Gasteiger partial charge on any atom is 0.0424 e. The van der Waals surface area contributed by atoms with Crippen LogP contribution in [0.3, 0.4) is 0 Å². The summed E-state index contributed by atoms with van der Waals surface area (Å²) in [6, 6.07) is 7.22. The van der Waals surface area contributed by atoms with Crippen molar-refractivity contribution in [2.24, 2.45) is 5.73 Å². The molecular formula is C15H26N2. The van der Waals surface area contributed by atoms with Crippen LogP contribution < -0.4 is 5.73 Å². The molecule has 2 nitrogen and oxygen atoms in total. The number of rotatable bonds is 5. The Morgan fingerprint density at radius 2 is 1.88 bits per heavy atom. The summed E-state index contributed by atoms with van der Waals surface area (Å²) in [5, 5.41) is 0. The first-order valence-electron chi connectivity index (χ1n) is 6.48. The molecule has 1 aromatic carbocycles. The van der Waals surface area contributed by atoms with Crippen LogP contribution in [-0.4, -0.2) is 24.5 Å². The molecule has 0 fully saturated rings. The molecular weight excluding hydrogens is 208 g/mol. The molecule has 2 atom stereocenters. The van der Waals surface area contributed by atoms with Crippen LogP contribution in [0.4, 0.5) is 0 Å². The van der Waals surface area contributed by atoms with Crippen molar-refractivity contribution in [2.45, 2.75) is 46.2 Å². The van der Waals surface area contributed by atoms with Gasteiger partial charge in [-0.05, 0) is 50.9 Å². The molecule has 17 heavy (non-hydrogen) atoms. The van der Waals surface area contributed by atoms with Gasteiger partial charge in [0.15, 0.2) is 0 Å². The molecule has 1 aromatic rings. The summed E-state index contributed by atoms with van der Waals surface area (Å²) in [5.74, 6) is 0. The Hall–Kier alpha value is -0.860. The van der Waals surface area contributed by atoms with Gasteiger partial charge in [-0.2, -0.15) is 0 Å². The van der Waals surface area contributed by atoms with E-state index in [0.717, 1.165) is 13.0 Å². The first-order valence-corrected chi connectivity index (χ1v) is 6.48. The summed E-state index contributed by atoms with van der Waals surface area (Å²) in [4.78, 5) is 2.33. The van der Waals surface area contributed by atoms with Gasteiger partial charge in [0.2, 0.25) is 0 Å². The largest absolute Gasteiger partial charge is 0.323 e. The zero-order valence-electron chi connectivity index (χ0n) is 11.8. The Morgan fingerprint density at radius 3 is 2.41 bits per heavy atom. The first kappa shape index (κ1) is 14.2. The molecule has 0 heterocycles. The second-order valence-electron chi connectivity index (χ2n) is 5.15. The number of nitrogens with zero attached hydrogens (tertiary/aromatic N) is 1. The van der Waals surface area contributed by atoms with Gasteiger partial charge in [0.05, 0.1) is 0 Å². The summed E-state index contributed by atoms with van der Waals surface area (Å²) in [7, 11) is 2.15. The Kier molecular flexibility index (Phi) is 5.16. The van der Waals surface area contributed by atoms with Crippen molar-refractivity contribution in [3.63, 3.8) is 0 Å². The molecule has 0 spiro atoms. The minimum atomic E-state index is 0.105. The molecule has 0 aliphatic carbocycles. The number of nitrogens with two attached hydrogens (primary N) is 1. The highest BCUT2D eigenvalue weighted by Gasteiger charge is 2.13. The van der Waals surface area contributed by atoms with Crippen LogP contribution in [0.25, 0.3) is 0 Å². The van der Waals surface area contributed by atoms with Gasteiger partial charge in [0.1, 0.15) is 0 Å². The highest BCUT2D eigenvalue weighted by atomic mass is 15.1. The number of benzene rings is 1. The van der Waals surface area contributed by atoms with Crippen LogP contribution in [0.1, 0.15) is 43.0 Å². The average Bonchev–Trinajstić information content (AvgIpc) is 2.31. The van der Waals surface area contributed by atoms with Crippen molar-refractivity contribution in [3.8, 4) is 0 Å². The van der Waals surface area contributed by atoms with E-state index in [1.54, 1.807) is 0 Å². The molecule has 1 rings (SSSR count). The fourth-order valence-electron chi connectivity index (χ4n) is 1.90. The number of aryl methyl sites for hydroxylation is 2. The summed E-state index contributed by atoms with van der Waals surface area (Å²) >= 11 is 0. The zero-order valence-corrected chi connectivity index (χ0v) is 11.8. The lowest BCUT2D eigenvalue weighted by atomic mass is 10.0. The van der Waals surface area contributed by atoms with E-state index in [-0.39, 0.29) is 6.04 Å². The molecule has 0 saturated heterocycles. The van der Waals surface area contributed by atoms with Crippen LogP contribution >= 0.6 is 0 Å². The van der Waals surface area contributed by atoms with E-state index >= 15 is 0 Å². The average molecular weight is 234 g/mol. The van der Waals surface area contributed by atoms with Gasteiger partial charge in [-0.25, -0.2) is 0 Å². The molecule has 0 aromatic heterocycles. The summed E-state index contributed by atoms with van der Waals surface area (Å²) in [6.07, 6.45) is 1.16. The Labute approximate surface area is 106 Å². The fourth-order valence-corrected chi connectivity index (χ4v) is 1.90. The molecule has 0 aliphatic heterocycles. The molecule has 2 N–H and O–H groups in total. The van der Waals surface area contributed by atoms with Crippen LogP contribution in [0, 0.1) is 13.8 Å². The predicted molar refractivity (Wildman–Crippen MR) is 75.2 cm³/mol. The van der Waals surface area contributed by atoms with Crippen molar-refractivity contribution in [1.29, 1.82) is 0 Å². The molecule has 0 amide bonds. The third kappa shape index (κ3) is 3.83. The third-order valence-corrected chi connectivity index (χ3v) is 3.79. The highest BCUT2D eigenvalue weighted by Crippen LogP contribution is 2.17. The fraction of sp³-hybridized carbons (Fsp3) is 0.600. The Morgan fingerprint density at radius 1 is 1.24 bits per heavy atom. The first-order chi connectivity index (χ1) is 7.95. The summed E-state index contributed by atoms with van der Waals surface area (Å²) < 4.78 is 0. The normalized spacial score (nSPS) is 15.0. The van der Waals surface area contributed by atoms with Gasteiger partial charge in [-0.15, -0.1) is 0 Å². The van der Waals surface area contributed by atoms with E-state index in [0.29, 0.717) is 6.04 Å². The highest BCUT2D eigenvalue weighted by molar-refractivity contribution is 5.31. The van der Waals surface area contributed by atoms with Crippen LogP contribution in [0.2, 0.25) is 0 Å². The number of hydrogen-bond donors (Lipinski definition) is 1. The maximum absolute atomic E-state index is 6.27. The van der Waals surface area contributed by atoms with E-state index < -0.39 is 0 Å². The van der Waals surface area contributed by atoms with Crippen LogP contribution in [0.5, 0.6) is 0 Å². The lowest BCUT2D eigenvalue weighted by Crippen LogP contribution is -2.35. The van der Waals surface area contributed by atoms with Crippen molar-refractivity contribution in [3.05, 3.63) is 34.9 Å². The van der Waals surface area contributed by atoms with Gasteiger partial charge in [0, 0.05) is 18.6 Å². The van der Waals surface area contributed by atoms with Gasteiger partial charge < -0.3 is 10.6 Å². The van der Waals surface area contributed by atoms with E-state index in [2.05, 4.69) is 57.8 Å². The van der Waals surface area contributed by atoms with Gasteiger partial charge in [-0.1, -0.05) is 25.1 Å². The standard InChI is InChI=1S/C15H26N2/c1-6-13(4)17(5)10-15(16)14-8-7-11(2)12(3)9-14/h7-9,13,15H,6,10,16H2,1-5H3. The van der Waals surface area contributed by atoms with Gasteiger partial charge >= 0.3 is 0 Å². The molecule has 0 radical (unpaired) electrons. The molecule has 2 heteroatoms. The zero-order chi connectivity index (χ0) is 13.0. The van der Waals surface area contributed by atoms with E-state index in [9.17, 15) is 0 Å². The topological polar surface area (TPSA) is 29.3 Å². The minimum Gasteiger partial charge on any atom is -0.323 e. The maximum atomic E-state index is 6.27. The SMILES string of the molecule is CCC(C)N(C)CC(N)c1ccc(C)c(C)c1. The molecule has 96 valence electrons. The Balaban J connectivity index is 2.69. The predicted octanol–water partition coefficient (Wildman–Crippen LogP) is 3.03. The van der Waals surface area contributed by atoms with E-state index in [1.165, 1.54) is 16.7 Å². The molecule has 0 bridgehead atoms. The number of likely N-dealkylation sites (N-methyl/N-ethyl adjacent to an activating group) is 1. The lowest BCUT2D eigenvalue weighted by molar-refractivity contribution is 0.237. The van der Waals surface area contributed by atoms with E-state index in [1.807, 2.05) is 0 Å². The van der Waals surface area contributed by atoms with E-state index in [4.69, 9.17) is 5.73 Å². The quantitative estimate of drug-likeness (QED) is 0.848. The van der Waals surface area contributed by atoms with Crippen molar-refractivity contribution in [2.75, 3.05) is 13.6 Å². The van der Waals surface area contributed by atoms with Gasteiger partial charge in [-0.3, -0.25) is 0 Å². The molecule has 0 aliphatic rings. The third-order valence-electron chi connectivity index (χ3n) is 3.79. The smallest absolute Gasteiger partial charge is 0.0424 e. The van der Waals surface area contributed by atoms with Crippen molar-refractivity contribution >= 4 is 0 Å². The summed E-state index contributed by atoms with van der Waals surface area (Å²) in [5.41, 5.74) is 10.2. The van der Waals surface area contributed by atoms with Crippen LogP contribution in [-0.2, 0) is 0 Å². The monoisotopic (exact) mass is 234 g/mol. The Bertz CT molecular complexity index is 360. The second-order valence-corrected chi connectivity index (χ2v) is 5.15. The molecule has 2 unspecified atom stereocenters. The summed E-state index contributed by atoms with van der Waals surface area (Å²) in [6.45, 7) is 9.65. The second kappa shape index (κ2) is 6.18. The number of hydrogen-bond acceptors (Lipinski definition) is 2. The van der Waals surface area contributed by atoms with Crippen molar-refractivity contribution < 1.29 is 0 Å². The van der Waals surface area contributed by atoms with Gasteiger partial charge in [0.25, 0.3) is 0 Å². The van der Waals surface area contributed by atoms with Crippen molar-refractivity contribution in [1.82, 2.24) is 4.90 Å². The lowest BCUT2D eigenvalue weighted by Gasteiger charge is -2.27. The molecule has 0 saturated carbocycles. The minimum absolute atomic E-state index is 0.105. The van der Waals surface area contributed by atoms with Crippen LogP contribution in [0.15, 0.2) is 18.2 Å².